The van der Waals surface area contributed by atoms with Gasteiger partial charge in [-0.3, -0.25) is 10.2 Å². The Morgan fingerprint density at radius 2 is 1.83 bits per heavy atom. The summed E-state index contributed by atoms with van der Waals surface area (Å²) < 4.78 is 6.02. The second kappa shape index (κ2) is 8.92. The molecule has 0 aliphatic carbocycles. The van der Waals surface area contributed by atoms with Gasteiger partial charge in [0.15, 0.2) is 6.20 Å². The Morgan fingerprint density at radius 3 is 2.53 bits per heavy atom. The highest BCUT2D eigenvalue weighted by atomic mass is 32.2. The molecule has 0 spiro atoms. The van der Waals surface area contributed by atoms with E-state index >= 15 is 0 Å². The molecule has 0 unspecified atom stereocenters. The molecule has 0 radical (unpaired) electrons. The third-order valence-electron chi connectivity index (χ3n) is 4.79. The van der Waals surface area contributed by atoms with E-state index in [2.05, 4.69) is 5.43 Å². The number of amides is 1. The Balaban J connectivity index is 1.57. The molecule has 30 heavy (non-hydrogen) atoms. The number of hydrazine groups is 1. The Morgan fingerprint density at radius 1 is 1.10 bits per heavy atom. The maximum Gasteiger partial charge on any atom is 0.252 e. The normalized spacial score (nSPS) is 15.4. The van der Waals surface area contributed by atoms with Gasteiger partial charge in [-0.25, -0.2) is 5.01 Å². The average molecular weight is 420 g/mol. The number of pyridine rings is 1. The molecule has 0 bridgehead atoms. The van der Waals surface area contributed by atoms with E-state index in [9.17, 15) is 10.0 Å². The summed E-state index contributed by atoms with van der Waals surface area (Å²) >= 11 is 1.22. The number of hydrogen-bond acceptors (Lipinski definition) is 5. The van der Waals surface area contributed by atoms with Crippen LogP contribution in [0.1, 0.15) is 17.2 Å². The topological polar surface area (TPSA) is 68.5 Å². The van der Waals surface area contributed by atoms with Crippen LogP contribution in [0.3, 0.4) is 0 Å². The van der Waals surface area contributed by atoms with Crippen LogP contribution >= 0.6 is 11.8 Å². The number of benzene rings is 2. The first-order valence-electron chi connectivity index (χ1n) is 9.46. The fraction of sp³-hybridized carbons (Fsp3) is 0.130. The standard InChI is InChI=1S/C23H21N3O3S/c1-29-19-12-10-18(11-13-19)21-15-20(17-7-3-2-4-8-17)24-26(21)22(27)16-30-23-9-5-6-14-25(23)28/h2-15,21,24H,16H2,1H3/t21-/m0/s1. The molecule has 6 nitrogen and oxygen atoms in total. The number of carbonyl (C=O) groups excluding carboxylic acids is 1. The number of carbonyl (C=O) groups is 1. The molecule has 1 aliphatic rings. The molecule has 1 N–H and O–H groups in total. The summed E-state index contributed by atoms with van der Waals surface area (Å²) in [5, 5.41) is 14.0. The molecule has 2 aromatic carbocycles. The lowest BCUT2D eigenvalue weighted by atomic mass is 10.0. The van der Waals surface area contributed by atoms with Gasteiger partial charge in [0.05, 0.1) is 24.6 Å². The zero-order valence-electron chi connectivity index (χ0n) is 16.4. The van der Waals surface area contributed by atoms with Crippen molar-refractivity contribution in [1.29, 1.82) is 0 Å². The summed E-state index contributed by atoms with van der Waals surface area (Å²) in [6.07, 6.45) is 3.46. The van der Waals surface area contributed by atoms with E-state index in [0.29, 0.717) is 5.03 Å². The van der Waals surface area contributed by atoms with Gasteiger partial charge in [0, 0.05) is 12.1 Å². The van der Waals surface area contributed by atoms with E-state index in [-0.39, 0.29) is 17.7 Å². The van der Waals surface area contributed by atoms with Crippen LogP contribution in [0.25, 0.3) is 5.70 Å². The van der Waals surface area contributed by atoms with Gasteiger partial charge >= 0.3 is 0 Å². The van der Waals surface area contributed by atoms with Crippen molar-refractivity contribution in [3.8, 4) is 5.75 Å². The number of rotatable bonds is 6. The Bertz CT molecular complexity index is 1050. The maximum atomic E-state index is 13.1. The lowest BCUT2D eigenvalue weighted by Crippen LogP contribution is -2.41. The predicted molar refractivity (Wildman–Crippen MR) is 116 cm³/mol. The molecule has 4 rings (SSSR count). The van der Waals surface area contributed by atoms with Gasteiger partial charge in [-0.1, -0.05) is 42.5 Å². The molecular formula is C23H21N3O3S. The number of nitrogens with one attached hydrogen (secondary N) is 1. The quantitative estimate of drug-likeness (QED) is 0.376. The van der Waals surface area contributed by atoms with E-state index in [1.165, 1.54) is 18.0 Å². The minimum absolute atomic E-state index is 0.119. The van der Waals surface area contributed by atoms with E-state index in [0.717, 1.165) is 27.3 Å². The second-order valence-corrected chi connectivity index (χ2v) is 7.69. The van der Waals surface area contributed by atoms with Crippen LogP contribution < -0.4 is 14.9 Å². The van der Waals surface area contributed by atoms with Gasteiger partial charge in [-0.15, -0.1) is 0 Å². The molecule has 7 heteroatoms. The van der Waals surface area contributed by atoms with Crippen molar-refractivity contribution in [1.82, 2.24) is 10.4 Å². The molecule has 3 aromatic rings. The molecule has 0 saturated heterocycles. The van der Waals surface area contributed by atoms with Gasteiger partial charge in [-0.2, -0.15) is 4.73 Å². The molecular weight excluding hydrogens is 398 g/mol. The summed E-state index contributed by atoms with van der Waals surface area (Å²) in [4.78, 5) is 13.1. The fourth-order valence-electron chi connectivity index (χ4n) is 3.24. The lowest BCUT2D eigenvalue weighted by Gasteiger charge is -2.25. The van der Waals surface area contributed by atoms with Crippen molar-refractivity contribution >= 4 is 23.4 Å². The number of methoxy groups -OCH3 is 1. The molecule has 152 valence electrons. The van der Waals surface area contributed by atoms with Crippen molar-refractivity contribution in [3.63, 3.8) is 0 Å². The van der Waals surface area contributed by atoms with Crippen molar-refractivity contribution in [2.24, 2.45) is 0 Å². The van der Waals surface area contributed by atoms with E-state index < -0.39 is 0 Å². The van der Waals surface area contributed by atoms with Gasteiger partial charge in [0.1, 0.15) is 5.75 Å². The Kier molecular flexibility index (Phi) is 5.90. The first kappa shape index (κ1) is 19.8. The van der Waals surface area contributed by atoms with Crippen molar-refractivity contribution < 1.29 is 14.3 Å². The Labute approximate surface area is 179 Å². The van der Waals surface area contributed by atoms with Crippen molar-refractivity contribution in [2.75, 3.05) is 12.9 Å². The maximum absolute atomic E-state index is 13.1. The number of hydrogen-bond donors (Lipinski definition) is 1. The highest BCUT2D eigenvalue weighted by molar-refractivity contribution is 7.99. The molecule has 1 atom stereocenters. The summed E-state index contributed by atoms with van der Waals surface area (Å²) in [6, 6.07) is 22.4. The van der Waals surface area contributed by atoms with Crippen LogP contribution in [0.5, 0.6) is 5.75 Å². The van der Waals surface area contributed by atoms with E-state index in [4.69, 9.17) is 4.74 Å². The fourth-order valence-corrected chi connectivity index (χ4v) is 4.01. The Hall–Kier alpha value is -3.45. The van der Waals surface area contributed by atoms with Crippen LogP contribution in [0, 0.1) is 5.21 Å². The van der Waals surface area contributed by atoms with Crippen LogP contribution in [-0.2, 0) is 4.79 Å². The third kappa shape index (κ3) is 4.26. The summed E-state index contributed by atoms with van der Waals surface area (Å²) in [6.45, 7) is 0. The summed E-state index contributed by atoms with van der Waals surface area (Å²) in [7, 11) is 1.62. The third-order valence-corrected chi connectivity index (χ3v) is 5.79. The minimum Gasteiger partial charge on any atom is -0.618 e. The van der Waals surface area contributed by atoms with Crippen LogP contribution in [0.4, 0.5) is 0 Å². The summed E-state index contributed by atoms with van der Waals surface area (Å²) in [5.41, 5.74) is 6.08. The van der Waals surface area contributed by atoms with E-state index in [1.54, 1.807) is 30.3 Å². The first-order chi connectivity index (χ1) is 14.7. The number of aromatic nitrogens is 1. The predicted octanol–water partition coefficient (Wildman–Crippen LogP) is 3.55. The zero-order valence-corrected chi connectivity index (χ0v) is 17.2. The zero-order chi connectivity index (χ0) is 20.9. The number of nitrogens with zero attached hydrogens (tertiary/aromatic N) is 2. The molecule has 1 aromatic heterocycles. The van der Waals surface area contributed by atoms with Crippen molar-refractivity contribution in [3.05, 3.63) is 101 Å². The number of ether oxygens (including phenoxy) is 1. The molecule has 0 fully saturated rings. The molecule has 1 amide bonds. The average Bonchev–Trinajstić information content (AvgIpc) is 3.25. The van der Waals surface area contributed by atoms with Crippen LogP contribution in [0.15, 0.2) is 90.1 Å². The van der Waals surface area contributed by atoms with Crippen LogP contribution in [0.2, 0.25) is 0 Å². The smallest absolute Gasteiger partial charge is 0.252 e. The highest BCUT2D eigenvalue weighted by Gasteiger charge is 2.31. The van der Waals surface area contributed by atoms with Crippen molar-refractivity contribution in [2.45, 2.75) is 11.1 Å². The lowest BCUT2D eigenvalue weighted by molar-refractivity contribution is -0.645. The highest BCUT2D eigenvalue weighted by Crippen LogP contribution is 2.32. The monoisotopic (exact) mass is 419 g/mol. The van der Waals surface area contributed by atoms with Gasteiger partial charge in [-0.05, 0) is 47.2 Å². The summed E-state index contributed by atoms with van der Waals surface area (Å²) in [5.74, 6) is 0.781. The van der Waals surface area contributed by atoms with Gasteiger partial charge in [0.2, 0.25) is 0 Å². The second-order valence-electron chi connectivity index (χ2n) is 6.69. The SMILES string of the molecule is COc1ccc([C@@H]2C=C(c3ccccc3)NN2C(=O)CSc2cccc[n+]2[O-])cc1. The van der Waals surface area contributed by atoms with Crippen LogP contribution in [-0.4, -0.2) is 23.8 Å². The van der Waals surface area contributed by atoms with Gasteiger partial charge in [0.25, 0.3) is 10.9 Å². The van der Waals surface area contributed by atoms with Gasteiger partial charge < -0.3 is 9.94 Å². The number of thioether (sulfide) groups is 1. The molecule has 1 aliphatic heterocycles. The molecule has 2 heterocycles. The largest absolute Gasteiger partial charge is 0.618 e. The minimum atomic E-state index is -0.269. The van der Waals surface area contributed by atoms with E-state index in [1.807, 2.05) is 60.7 Å². The first-order valence-corrected chi connectivity index (χ1v) is 10.4. The molecule has 0 saturated carbocycles.